The molecule has 0 saturated heterocycles. The van der Waals surface area contributed by atoms with Crippen molar-refractivity contribution in [1.29, 1.82) is 0 Å². The summed E-state index contributed by atoms with van der Waals surface area (Å²) >= 11 is 0. The number of benzene rings is 6. The zero-order valence-electron chi connectivity index (χ0n) is 33.9. The summed E-state index contributed by atoms with van der Waals surface area (Å²) in [4.78, 5) is 50.1. The van der Waals surface area contributed by atoms with Crippen LogP contribution >= 0.6 is 0 Å². The van der Waals surface area contributed by atoms with E-state index in [9.17, 15) is 0 Å². The molecule has 0 saturated carbocycles. The number of pyridine rings is 4. The minimum Gasteiger partial charge on any atom is -0.256 e. The molecule has 298 valence electrons. The second-order valence-corrected chi connectivity index (χ2v) is 15.3. The van der Waals surface area contributed by atoms with Crippen molar-refractivity contribution in [2.24, 2.45) is 0 Å². The Morgan fingerprint density at radius 2 is 0.594 bits per heavy atom. The van der Waals surface area contributed by atoms with Crippen molar-refractivity contribution in [1.82, 2.24) is 49.8 Å². The van der Waals surface area contributed by atoms with E-state index in [1.807, 2.05) is 140 Å². The van der Waals surface area contributed by atoms with Gasteiger partial charge in [-0.1, -0.05) is 115 Å². The zero-order chi connectivity index (χ0) is 42.4. The number of fused-ring (bicyclic) bond motifs is 4. The van der Waals surface area contributed by atoms with Crippen LogP contribution in [-0.4, -0.2) is 49.8 Å². The molecular weight excluding hydrogens is 789 g/mol. The predicted molar refractivity (Wildman–Crippen MR) is 252 cm³/mol. The van der Waals surface area contributed by atoms with Crippen LogP contribution in [-0.2, 0) is 0 Å². The SMILES string of the molecule is c1ccc(-c2nc(-c3ccccc3)nc(-c3nc(-c4ccccc4)nc(-c4cc(-c5c6cccnc6cc6cccnc56)cc(-c5c6cccnc6cc6cccnc56)c4)n3)n2)cc1. The van der Waals surface area contributed by atoms with E-state index in [0.717, 1.165) is 88.1 Å². The Bertz CT molecular complexity index is 3430. The van der Waals surface area contributed by atoms with Crippen LogP contribution < -0.4 is 0 Å². The van der Waals surface area contributed by atoms with Crippen molar-refractivity contribution in [2.75, 3.05) is 0 Å². The number of aromatic nitrogens is 10. The third-order valence-electron chi connectivity index (χ3n) is 11.3. The molecule has 10 nitrogen and oxygen atoms in total. The van der Waals surface area contributed by atoms with E-state index in [-0.39, 0.29) is 0 Å². The topological polar surface area (TPSA) is 129 Å². The van der Waals surface area contributed by atoms with Crippen LogP contribution in [0.4, 0.5) is 0 Å². The van der Waals surface area contributed by atoms with Crippen LogP contribution in [0, 0.1) is 0 Å². The molecule has 6 aromatic heterocycles. The van der Waals surface area contributed by atoms with Crippen LogP contribution in [0.3, 0.4) is 0 Å². The summed E-state index contributed by atoms with van der Waals surface area (Å²) in [6.07, 6.45) is 7.31. The Labute approximate surface area is 366 Å². The van der Waals surface area contributed by atoms with Gasteiger partial charge in [0.05, 0.1) is 22.1 Å². The lowest BCUT2D eigenvalue weighted by Gasteiger charge is -2.16. The maximum atomic E-state index is 5.26. The van der Waals surface area contributed by atoms with Gasteiger partial charge in [0, 0.05) is 79.7 Å². The Kier molecular flexibility index (Phi) is 8.89. The molecule has 0 radical (unpaired) electrons. The highest BCUT2D eigenvalue weighted by Crippen LogP contribution is 2.42. The van der Waals surface area contributed by atoms with Crippen molar-refractivity contribution in [3.63, 3.8) is 0 Å². The molecule has 0 N–H and O–H groups in total. The lowest BCUT2D eigenvalue weighted by Crippen LogP contribution is -2.06. The van der Waals surface area contributed by atoms with Gasteiger partial charge in [0.1, 0.15) is 0 Å². The molecular formula is C54H32N10. The largest absolute Gasteiger partial charge is 0.256 e. The Hall–Kier alpha value is -9.02. The van der Waals surface area contributed by atoms with Crippen molar-refractivity contribution in [3.8, 4) is 79.5 Å². The first kappa shape index (κ1) is 36.8. The van der Waals surface area contributed by atoms with Gasteiger partial charge in [-0.15, -0.1) is 0 Å². The summed E-state index contributed by atoms with van der Waals surface area (Å²) in [5, 5.41) is 3.88. The Morgan fingerprint density at radius 3 is 1.02 bits per heavy atom. The second kappa shape index (κ2) is 15.5. The first-order valence-corrected chi connectivity index (χ1v) is 20.8. The molecule has 0 spiro atoms. The smallest absolute Gasteiger partial charge is 0.202 e. The van der Waals surface area contributed by atoms with E-state index in [1.54, 1.807) is 0 Å². The maximum absolute atomic E-state index is 5.26. The normalized spacial score (nSPS) is 11.4. The first-order chi connectivity index (χ1) is 31.7. The summed E-state index contributed by atoms with van der Waals surface area (Å²) in [6, 6.07) is 56.5. The average Bonchev–Trinajstić information content (AvgIpc) is 3.37. The van der Waals surface area contributed by atoms with Crippen molar-refractivity contribution in [3.05, 3.63) is 195 Å². The summed E-state index contributed by atoms with van der Waals surface area (Å²) < 4.78 is 0. The van der Waals surface area contributed by atoms with Gasteiger partial charge in [-0.05, 0) is 65.7 Å². The number of hydrogen-bond donors (Lipinski definition) is 0. The molecule has 12 aromatic rings. The quantitative estimate of drug-likeness (QED) is 0.143. The molecule has 0 aliphatic rings. The molecule has 0 unspecified atom stereocenters. The minimum absolute atomic E-state index is 0.301. The maximum Gasteiger partial charge on any atom is 0.202 e. The number of rotatable bonds is 7. The second-order valence-electron chi connectivity index (χ2n) is 15.3. The lowest BCUT2D eigenvalue weighted by atomic mass is 9.90. The Balaban J connectivity index is 1.17. The van der Waals surface area contributed by atoms with E-state index < -0.39 is 0 Å². The Morgan fingerprint density at radius 1 is 0.250 bits per heavy atom. The molecule has 6 heterocycles. The van der Waals surface area contributed by atoms with Crippen LogP contribution in [0.15, 0.2) is 195 Å². The van der Waals surface area contributed by atoms with E-state index in [1.165, 1.54) is 0 Å². The molecule has 0 fully saturated rings. The highest BCUT2D eigenvalue weighted by molar-refractivity contribution is 6.13. The van der Waals surface area contributed by atoms with Crippen LogP contribution in [0.2, 0.25) is 0 Å². The van der Waals surface area contributed by atoms with Gasteiger partial charge >= 0.3 is 0 Å². The predicted octanol–water partition coefficient (Wildman–Crippen LogP) is 11.9. The fourth-order valence-electron chi connectivity index (χ4n) is 8.38. The molecule has 12 rings (SSSR count). The van der Waals surface area contributed by atoms with Gasteiger partial charge in [-0.25, -0.2) is 29.9 Å². The van der Waals surface area contributed by atoms with E-state index in [0.29, 0.717) is 34.9 Å². The molecule has 0 amide bonds. The van der Waals surface area contributed by atoms with E-state index in [2.05, 4.69) is 54.6 Å². The lowest BCUT2D eigenvalue weighted by molar-refractivity contribution is 1.00. The third kappa shape index (κ3) is 6.63. The summed E-state index contributed by atoms with van der Waals surface area (Å²) in [6.45, 7) is 0. The molecule has 0 atom stereocenters. The van der Waals surface area contributed by atoms with E-state index >= 15 is 0 Å². The van der Waals surface area contributed by atoms with Gasteiger partial charge < -0.3 is 0 Å². The monoisotopic (exact) mass is 820 g/mol. The van der Waals surface area contributed by atoms with Gasteiger partial charge in [-0.3, -0.25) is 19.9 Å². The summed E-state index contributed by atoms with van der Waals surface area (Å²) in [7, 11) is 0. The van der Waals surface area contributed by atoms with Crippen LogP contribution in [0.1, 0.15) is 0 Å². The molecule has 64 heavy (non-hydrogen) atoms. The molecule has 10 heteroatoms. The van der Waals surface area contributed by atoms with Gasteiger partial charge in [0.25, 0.3) is 0 Å². The molecule has 0 bridgehead atoms. The molecule has 0 aliphatic heterocycles. The number of nitrogens with zero attached hydrogens (tertiary/aromatic N) is 10. The third-order valence-corrected chi connectivity index (χ3v) is 11.3. The highest BCUT2D eigenvalue weighted by atomic mass is 15.1. The first-order valence-electron chi connectivity index (χ1n) is 20.8. The molecule has 6 aromatic carbocycles. The fraction of sp³-hybridized carbons (Fsp3) is 0. The van der Waals surface area contributed by atoms with Gasteiger partial charge in [-0.2, -0.15) is 0 Å². The molecule has 0 aliphatic carbocycles. The van der Waals surface area contributed by atoms with Crippen molar-refractivity contribution < 1.29 is 0 Å². The van der Waals surface area contributed by atoms with Gasteiger partial charge in [0.2, 0.25) is 11.6 Å². The van der Waals surface area contributed by atoms with Crippen molar-refractivity contribution in [2.45, 2.75) is 0 Å². The average molecular weight is 821 g/mol. The standard InChI is InChI=1S/C54H32N10/c1-4-14-33(15-5-1)49-59-50(34-16-6-2-7-17-34)62-53(61-49)54-63-51(35-18-8-3-9-19-35)60-52(64-54)40-29-38(45-41-22-12-24-55-43(41)31-36-20-10-26-57-47(36)45)28-39(30-40)46-42-23-13-25-56-44(42)32-37-21-11-27-58-48(37)46/h1-32H. The highest BCUT2D eigenvalue weighted by Gasteiger charge is 2.22. The van der Waals surface area contributed by atoms with E-state index in [4.69, 9.17) is 49.8 Å². The number of hydrogen-bond acceptors (Lipinski definition) is 10. The summed E-state index contributed by atoms with van der Waals surface area (Å²) in [5.41, 5.74) is 10.3. The summed E-state index contributed by atoms with van der Waals surface area (Å²) in [5.74, 6) is 2.53. The van der Waals surface area contributed by atoms with Crippen LogP contribution in [0.5, 0.6) is 0 Å². The van der Waals surface area contributed by atoms with Crippen molar-refractivity contribution >= 4 is 43.6 Å². The fourth-order valence-corrected chi connectivity index (χ4v) is 8.38. The zero-order valence-corrected chi connectivity index (χ0v) is 33.9. The van der Waals surface area contributed by atoms with Crippen LogP contribution in [0.25, 0.3) is 123 Å². The van der Waals surface area contributed by atoms with Gasteiger partial charge in [0.15, 0.2) is 23.3 Å². The minimum atomic E-state index is 0.301.